The number of nitrogens with one attached hydrogen (secondary N) is 1. The number of H-pyrrole nitrogens is 1. The number of fused-ring (bicyclic) bond motifs is 1. The van der Waals surface area contributed by atoms with Crippen LogP contribution in [-0.2, 0) is 0 Å². The molecule has 94 valence electrons. The van der Waals surface area contributed by atoms with Crippen LogP contribution in [0.1, 0.15) is 15.9 Å². The summed E-state index contributed by atoms with van der Waals surface area (Å²) in [6.07, 6.45) is 1.62. The smallest absolute Gasteiger partial charge is 0.198 e. The van der Waals surface area contributed by atoms with E-state index in [0.717, 1.165) is 10.9 Å². The van der Waals surface area contributed by atoms with Gasteiger partial charge in [-0.25, -0.2) is 4.39 Å². The molecular formula is C15H9BrFNO. The van der Waals surface area contributed by atoms with Crippen LogP contribution >= 0.6 is 15.9 Å². The van der Waals surface area contributed by atoms with Crippen LogP contribution in [0.2, 0.25) is 0 Å². The molecule has 2 nitrogen and oxygen atoms in total. The normalized spacial score (nSPS) is 10.8. The summed E-state index contributed by atoms with van der Waals surface area (Å²) in [7, 11) is 0. The van der Waals surface area contributed by atoms with Crippen molar-refractivity contribution in [2.45, 2.75) is 0 Å². The first-order chi connectivity index (χ1) is 9.16. The minimum Gasteiger partial charge on any atom is -0.360 e. The zero-order chi connectivity index (χ0) is 13.4. The van der Waals surface area contributed by atoms with Crippen molar-refractivity contribution < 1.29 is 9.18 Å². The maximum Gasteiger partial charge on any atom is 0.198 e. The van der Waals surface area contributed by atoms with Crippen LogP contribution < -0.4 is 0 Å². The second-order valence-electron chi connectivity index (χ2n) is 4.20. The number of para-hydroxylation sites is 1. The van der Waals surface area contributed by atoms with Crippen molar-refractivity contribution >= 4 is 32.6 Å². The Morgan fingerprint density at radius 2 is 1.89 bits per heavy atom. The second kappa shape index (κ2) is 4.63. The van der Waals surface area contributed by atoms with Crippen molar-refractivity contribution in [1.29, 1.82) is 0 Å². The van der Waals surface area contributed by atoms with Gasteiger partial charge in [0, 0.05) is 27.1 Å². The Labute approximate surface area is 117 Å². The summed E-state index contributed by atoms with van der Waals surface area (Å²) in [5.74, 6) is -0.838. The Balaban J connectivity index is 2.16. The topological polar surface area (TPSA) is 32.9 Å². The highest BCUT2D eigenvalue weighted by molar-refractivity contribution is 9.10. The molecule has 0 amide bonds. The molecule has 0 aliphatic heterocycles. The number of halogens is 2. The van der Waals surface area contributed by atoms with Crippen molar-refractivity contribution in [2.75, 3.05) is 0 Å². The van der Waals surface area contributed by atoms with E-state index in [1.807, 2.05) is 24.3 Å². The number of aromatic nitrogens is 1. The maximum absolute atomic E-state index is 13.8. The number of carbonyl (C=O) groups is 1. The van der Waals surface area contributed by atoms with E-state index in [4.69, 9.17) is 0 Å². The van der Waals surface area contributed by atoms with E-state index >= 15 is 0 Å². The predicted octanol–water partition coefficient (Wildman–Crippen LogP) is 4.30. The summed E-state index contributed by atoms with van der Waals surface area (Å²) in [5, 5.41) is 0.798. The molecule has 1 aromatic heterocycles. The van der Waals surface area contributed by atoms with Crippen LogP contribution in [0.4, 0.5) is 4.39 Å². The lowest BCUT2D eigenvalue weighted by atomic mass is 10.0. The molecule has 0 spiro atoms. The second-order valence-corrected chi connectivity index (χ2v) is 5.12. The summed E-state index contributed by atoms with van der Waals surface area (Å²) >= 11 is 3.25. The Kier molecular flexibility index (Phi) is 2.95. The summed E-state index contributed by atoms with van der Waals surface area (Å²) in [6.45, 7) is 0. The number of rotatable bonds is 2. The summed E-state index contributed by atoms with van der Waals surface area (Å²) < 4.78 is 14.4. The van der Waals surface area contributed by atoms with E-state index in [1.165, 1.54) is 12.1 Å². The van der Waals surface area contributed by atoms with E-state index in [1.54, 1.807) is 12.3 Å². The van der Waals surface area contributed by atoms with Crippen LogP contribution in [0.3, 0.4) is 0 Å². The van der Waals surface area contributed by atoms with Gasteiger partial charge >= 0.3 is 0 Å². The molecule has 0 saturated carbocycles. The van der Waals surface area contributed by atoms with Crippen molar-refractivity contribution in [2.24, 2.45) is 0 Å². The molecule has 0 unspecified atom stereocenters. The first-order valence-corrected chi connectivity index (χ1v) is 6.52. The summed E-state index contributed by atoms with van der Waals surface area (Å²) in [6, 6.07) is 11.8. The quantitative estimate of drug-likeness (QED) is 0.702. The molecule has 3 rings (SSSR count). The Morgan fingerprint density at radius 1 is 1.11 bits per heavy atom. The minimum absolute atomic E-state index is 0.0686. The molecule has 4 heteroatoms. The standard InChI is InChI=1S/C15H9BrFNO/c16-9-5-6-13(17)11(7-9)15(19)12-8-18-14-4-2-1-3-10(12)14/h1-8,18H. The minimum atomic E-state index is -0.515. The summed E-state index contributed by atoms with van der Waals surface area (Å²) in [5.41, 5.74) is 1.41. The van der Waals surface area contributed by atoms with Gasteiger partial charge in [0.2, 0.25) is 0 Å². The predicted molar refractivity (Wildman–Crippen MR) is 75.8 cm³/mol. The molecular weight excluding hydrogens is 309 g/mol. The molecule has 0 bridgehead atoms. The van der Waals surface area contributed by atoms with Crippen LogP contribution in [-0.4, -0.2) is 10.8 Å². The molecule has 0 radical (unpaired) electrons. The average molecular weight is 318 g/mol. The molecule has 1 heterocycles. The first-order valence-electron chi connectivity index (χ1n) is 5.72. The number of benzene rings is 2. The van der Waals surface area contributed by atoms with Gasteiger partial charge in [0.25, 0.3) is 0 Å². The molecule has 1 N–H and O–H groups in total. The van der Waals surface area contributed by atoms with E-state index in [2.05, 4.69) is 20.9 Å². The van der Waals surface area contributed by atoms with Gasteiger partial charge in [-0.3, -0.25) is 4.79 Å². The molecule has 0 saturated heterocycles. The zero-order valence-corrected chi connectivity index (χ0v) is 11.4. The van der Waals surface area contributed by atoms with E-state index < -0.39 is 5.82 Å². The van der Waals surface area contributed by atoms with Gasteiger partial charge in [-0.15, -0.1) is 0 Å². The third-order valence-electron chi connectivity index (χ3n) is 3.01. The fraction of sp³-hybridized carbons (Fsp3) is 0. The number of aromatic amines is 1. The van der Waals surface area contributed by atoms with Gasteiger partial charge in [0.1, 0.15) is 5.82 Å². The third kappa shape index (κ3) is 2.08. The molecule has 2 aromatic carbocycles. The van der Waals surface area contributed by atoms with E-state index in [0.29, 0.717) is 10.0 Å². The highest BCUT2D eigenvalue weighted by Crippen LogP contribution is 2.23. The number of carbonyl (C=O) groups excluding carboxylic acids is 1. The van der Waals surface area contributed by atoms with Gasteiger partial charge < -0.3 is 4.98 Å². The number of ketones is 1. The Morgan fingerprint density at radius 3 is 2.74 bits per heavy atom. The summed E-state index contributed by atoms with van der Waals surface area (Å²) in [4.78, 5) is 15.4. The van der Waals surface area contributed by atoms with Crippen molar-refractivity contribution in [3.8, 4) is 0 Å². The fourth-order valence-corrected chi connectivity index (χ4v) is 2.44. The van der Waals surface area contributed by atoms with Crippen molar-refractivity contribution in [3.05, 3.63) is 70.1 Å². The van der Waals surface area contributed by atoms with E-state index in [-0.39, 0.29) is 11.3 Å². The van der Waals surface area contributed by atoms with Gasteiger partial charge in [-0.1, -0.05) is 34.1 Å². The largest absolute Gasteiger partial charge is 0.360 e. The molecule has 19 heavy (non-hydrogen) atoms. The lowest BCUT2D eigenvalue weighted by Gasteiger charge is -2.02. The third-order valence-corrected chi connectivity index (χ3v) is 3.50. The van der Waals surface area contributed by atoms with Crippen molar-refractivity contribution in [3.63, 3.8) is 0 Å². The fourth-order valence-electron chi connectivity index (χ4n) is 2.08. The van der Waals surface area contributed by atoms with Crippen LogP contribution in [0.25, 0.3) is 10.9 Å². The first kappa shape index (κ1) is 12.1. The van der Waals surface area contributed by atoms with Gasteiger partial charge in [-0.05, 0) is 24.3 Å². The van der Waals surface area contributed by atoms with Gasteiger partial charge in [0.15, 0.2) is 5.78 Å². The highest BCUT2D eigenvalue weighted by Gasteiger charge is 2.17. The van der Waals surface area contributed by atoms with Crippen molar-refractivity contribution in [1.82, 2.24) is 4.98 Å². The lowest BCUT2D eigenvalue weighted by molar-refractivity contribution is 0.103. The molecule has 3 aromatic rings. The molecule has 0 aliphatic rings. The zero-order valence-electron chi connectivity index (χ0n) is 9.78. The lowest BCUT2D eigenvalue weighted by Crippen LogP contribution is -2.03. The van der Waals surface area contributed by atoms with Crippen LogP contribution in [0.5, 0.6) is 0 Å². The molecule has 0 atom stereocenters. The van der Waals surface area contributed by atoms with Gasteiger partial charge in [0.05, 0.1) is 5.56 Å². The van der Waals surface area contributed by atoms with Crippen LogP contribution in [0.15, 0.2) is 53.1 Å². The molecule has 0 fully saturated rings. The number of hydrogen-bond acceptors (Lipinski definition) is 1. The number of hydrogen-bond donors (Lipinski definition) is 1. The Bertz CT molecular complexity index is 779. The average Bonchev–Trinajstić information content (AvgIpc) is 2.84. The monoisotopic (exact) mass is 317 g/mol. The van der Waals surface area contributed by atoms with E-state index in [9.17, 15) is 9.18 Å². The maximum atomic E-state index is 13.8. The van der Waals surface area contributed by atoms with Gasteiger partial charge in [-0.2, -0.15) is 0 Å². The highest BCUT2D eigenvalue weighted by atomic mass is 79.9. The molecule has 0 aliphatic carbocycles. The Hall–Kier alpha value is -1.94. The SMILES string of the molecule is O=C(c1cc(Br)ccc1F)c1c[nH]c2ccccc12. The van der Waals surface area contributed by atoms with Crippen LogP contribution in [0, 0.1) is 5.82 Å².